The summed E-state index contributed by atoms with van der Waals surface area (Å²) < 4.78 is 12.8. The summed E-state index contributed by atoms with van der Waals surface area (Å²) in [4.78, 5) is 5.52. The van der Waals surface area contributed by atoms with Gasteiger partial charge < -0.3 is 9.47 Å². The Morgan fingerprint density at radius 3 is 2.68 bits per heavy atom. The minimum atomic E-state index is 0.260. The van der Waals surface area contributed by atoms with Crippen LogP contribution in [0, 0.1) is 0 Å². The molecule has 142 valence electrons. The van der Waals surface area contributed by atoms with Gasteiger partial charge in [0.1, 0.15) is 0 Å². The molecule has 5 nitrogen and oxygen atoms in total. The molecule has 6 heteroatoms. The molecule has 0 saturated heterocycles. The van der Waals surface area contributed by atoms with E-state index in [0.717, 1.165) is 44.4 Å². The van der Waals surface area contributed by atoms with Crippen molar-refractivity contribution in [2.45, 2.75) is 13.8 Å². The fraction of sp³-hybridized carbons (Fsp3) is 0.182. The molecule has 0 atom stereocenters. The largest absolute Gasteiger partial charge is 0.454 e. The molecular formula is C22H21N3O2S. The molecule has 1 aliphatic heterocycles. The van der Waals surface area contributed by atoms with Gasteiger partial charge in [-0.25, -0.2) is 4.68 Å². The highest BCUT2D eigenvalue weighted by molar-refractivity contribution is 7.07. The van der Waals surface area contributed by atoms with Crippen molar-refractivity contribution < 1.29 is 9.47 Å². The molecule has 3 aromatic rings. The van der Waals surface area contributed by atoms with Gasteiger partial charge >= 0.3 is 0 Å². The van der Waals surface area contributed by atoms with Gasteiger partial charge in [0.2, 0.25) is 11.6 Å². The molecule has 0 fully saturated rings. The quantitative estimate of drug-likeness (QED) is 0.468. The van der Waals surface area contributed by atoms with Crippen LogP contribution in [0.3, 0.4) is 0 Å². The van der Waals surface area contributed by atoms with Crippen molar-refractivity contribution in [1.82, 2.24) is 4.68 Å². The first-order chi connectivity index (χ1) is 13.6. The van der Waals surface area contributed by atoms with E-state index in [1.165, 1.54) is 0 Å². The summed E-state index contributed by atoms with van der Waals surface area (Å²) in [7, 11) is 0. The molecule has 0 radical (unpaired) electrons. The maximum Gasteiger partial charge on any atom is 0.231 e. The first kappa shape index (κ1) is 18.3. The SMILES string of the molecule is C=C(C)CN=c1scc(-c2ccccc2)n1N=C(C)c1ccc2c(c1)OCO2. The summed E-state index contributed by atoms with van der Waals surface area (Å²) in [5, 5.41) is 6.98. The van der Waals surface area contributed by atoms with E-state index in [2.05, 4.69) is 29.1 Å². The lowest BCUT2D eigenvalue weighted by Crippen LogP contribution is -2.15. The van der Waals surface area contributed by atoms with Gasteiger partial charge in [-0.15, -0.1) is 11.3 Å². The highest BCUT2D eigenvalue weighted by atomic mass is 32.1. The monoisotopic (exact) mass is 391 g/mol. The average molecular weight is 391 g/mol. The number of thiazole rings is 1. The summed E-state index contributed by atoms with van der Waals surface area (Å²) in [6, 6.07) is 16.1. The highest BCUT2D eigenvalue weighted by Crippen LogP contribution is 2.32. The van der Waals surface area contributed by atoms with Crippen molar-refractivity contribution in [3.8, 4) is 22.8 Å². The van der Waals surface area contributed by atoms with Crippen molar-refractivity contribution >= 4 is 17.0 Å². The first-order valence-corrected chi connectivity index (χ1v) is 9.86. The molecule has 0 aliphatic carbocycles. The van der Waals surface area contributed by atoms with E-state index in [4.69, 9.17) is 14.6 Å². The minimum absolute atomic E-state index is 0.260. The van der Waals surface area contributed by atoms with Crippen LogP contribution in [-0.4, -0.2) is 23.7 Å². The molecule has 1 aromatic heterocycles. The Morgan fingerprint density at radius 2 is 1.89 bits per heavy atom. The zero-order chi connectivity index (χ0) is 19.5. The lowest BCUT2D eigenvalue weighted by atomic mass is 10.1. The van der Waals surface area contributed by atoms with Gasteiger partial charge in [-0.2, -0.15) is 5.10 Å². The van der Waals surface area contributed by atoms with Gasteiger partial charge in [-0.3, -0.25) is 4.99 Å². The molecule has 2 aromatic carbocycles. The fourth-order valence-electron chi connectivity index (χ4n) is 2.84. The van der Waals surface area contributed by atoms with E-state index in [1.54, 1.807) is 11.3 Å². The van der Waals surface area contributed by atoms with Crippen LogP contribution in [0.25, 0.3) is 11.3 Å². The van der Waals surface area contributed by atoms with E-state index in [1.807, 2.05) is 54.9 Å². The van der Waals surface area contributed by atoms with E-state index in [0.29, 0.717) is 6.54 Å². The molecule has 0 saturated carbocycles. The molecule has 0 amide bonds. The minimum Gasteiger partial charge on any atom is -0.454 e. The normalized spacial score (nSPS) is 13.8. The van der Waals surface area contributed by atoms with E-state index >= 15 is 0 Å². The van der Waals surface area contributed by atoms with Gasteiger partial charge in [-0.05, 0) is 32.0 Å². The number of hydrogen-bond donors (Lipinski definition) is 0. The predicted molar refractivity (Wildman–Crippen MR) is 113 cm³/mol. The standard InChI is InChI=1S/C22H21N3O2S/c1-15(2)12-23-22-25(19(13-28-22)17-7-5-4-6-8-17)24-16(3)18-9-10-20-21(11-18)27-14-26-20/h4-11,13H,1,12,14H2,2-3H3. The van der Waals surface area contributed by atoms with Crippen LogP contribution in [0.1, 0.15) is 19.4 Å². The van der Waals surface area contributed by atoms with Crippen molar-refractivity contribution in [3.63, 3.8) is 0 Å². The molecular weight excluding hydrogens is 370 g/mol. The molecule has 1 aliphatic rings. The number of fused-ring (bicyclic) bond motifs is 1. The zero-order valence-electron chi connectivity index (χ0n) is 15.9. The van der Waals surface area contributed by atoms with Crippen molar-refractivity contribution in [1.29, 1.82) is 0 Å². The van der Waals surface area contributed by atoms with Crippen LogP contribution in [0.2, 0.25) is 0 Å². The van der Waals surface area contributed by atoms with E-state index < -0.39 is 0 Å². The van der Waals surface area contributed by atoms with E-state index in [-0.39, 0.29) is 6.79 Å². The topological polar surface area (TPSA) is 48.1 Å². The molecule has 0 unspecified atom stereocenters. The Labute approximate surface area is 167 Å². The number of ether oxygens (including phenoxy) is 2. The zero-order valence-corrected chi connectivity index (χ0v) is 16.7. The third-order valence-electron chi connectivity index (χ3n) is 4.28. The Hall–Kier alpha value is -3.12. The lowest BCUT2D eigenvalue weighted by Gasteiger charge is -2.07. The van der Waals surface area contributed by atoms with Gasteiger partial charge in [0.25, 0.3) is 0 Å². The second-order valence-corrected chi connectivity index (χ2v) is 7.44. The third kappa shape index (κ3) is 3.77. The van der Waals surface area contributed by atoms with Crippen molar-refractivity contribution in [2.75, 3.05) is 13.3 Å². The number of rotatable bonds is 5. The maximum atomic E-state index is 5.50. The Kier molecular flexibility index (Phi) is 5.12. The molecule has 0 N–H and O–H groups in total. The summed E-state index contributed by atoms with van der Waals surface area (Å²) in [6.45, 7) is 8.74. The highest BCUT2D eigenvalue weighted by Gasteiger charge is 2.15. The van der Waals surface area contributed by atoms with Crippen molar-refractivity contribution in [3.05, 3.63) is 76.4 Å². The second-order valence-electron chi connectivity index (χ2n) is 6.61. The molecule has 28 heavy (non-hydrogen) atoms. The van der Waals surface area contributed by atoms with Crippen LogP contribution in [-0.2, 0) is 0 Å². The molecule has 2 heterocycles. The fourth-order valence-corrected chi connectivity index (χ4v) is 3.67. The molecule has 0 bridgehead atoms. The first-order valence-electron chi connectivity index (χ1n) is 8.98. The Bertz CT molecular complexity index is 1110. The molecule has 4 rings (SSSR count). The summed E-state index contributed by atoms with van der Waals surface area (Å²) >= 11 is 1.57. The van der Waals surface area contributed by atoms with Crippen molar-refractivity contribution in [2.24, 2.45) is 10.1 Å². The Balaban J connectivity index is 1.80. The van der Waals surface area contributed by atoms with Crippen LogP contribution in [0.15, 0.2) is 76.2 Å². The van der Waals surface area contributed by atoms with Gasteiger partial charge in [-0.1, -0.05) is 42.5 Å². The maximum absolute atomic E-state index is 5.50. The van der Waals surface area contributed by atoms with Gasteiger partial charge in [0.15, 0.2) is 11.5 Å². The van der Waals surface area contributed by atoms with Gasteiger partial charge in [0.05, 0.1) is 18.0 Å². The van der Waals surface area contributed by atoms with Gasteiger partial charge in [0, 0.05) is 16.5 Å². The van der Waals surface area contributed by atoms with E-state index in [9.17, 15) is 0 Å². The van der Waals surface area contributed by atoms with Crippen LogP contribution in [0.4, 0.5) is 0 Å². The Morgan fingerprint density at radius 1 is 1.11 bits per heavy atom. The van der Waals surface area contributed by atoms with Crippen LogP contribution >= 0.6 is 11.3 Å². The summed E-state index contributed by atoms with van der Waals surface area (Å²) in [5.41, 5.74) is 4.96. The van der Waals surface area contributed by atoms with Crippen LogP contribution < -0.4 is 14.3 Å². The smallest absolute Gasteiger partial charge is 0.231 e. The number of aromatic nitrogens is 1. The second kappa shape index (κ2) is 7.86. The predicted octanol–water partition coefficient (Wildman–Crippen LogP) is 4.69. The average Bonchev–Trinajstić information content (AvgIpc) is 3.33. The number of benzene rings is 2. The summed E-state index contributed by atoms with van der Waals surface area (Å²) in [6.07, 6.45) is 0. The third-order valence-corrected chi connectivity index (χ3v) is 5.13. The van der Waals surface area contributed by atoms with Crippen LogP contribution in [0.5, 0.6) is 11.5 Å². The number of hydrogen-bond acceptors (Lipinski definition) is 5. The number of nitrogens with zero attached hydrogens (tertiary/aromatic N) is 3. The molecule has 0 spiro atoms. The lowest BCUT2D eigenvalue weighted by molar-refractivity contribution is 0.174. The summed E-state index contributed by atoms with van der Waals surface area (Å²) in [5.74, 6) is 1.51.